The van der Waals surface area contributed by atoms with Crippen LogP contribution in [0, 0.1) is 3.57 Å². The van der Waals surface area contributed by atoms with E-state index in [1.165, 1.54) is 9.80 Å². The normalized spacial score (nSPS) is 15.3. The summed E-state index contributed by atoms with van der Waals surface area (Å²) in [5.41, 5.74) is 1.59. The van der Waals surface area contributed by atoms with Crippen molar-refractivity contribution in [3.8, 4) is 23.0 Å². The molecule has 172 valence electrons. The van der Waals surface area contributed by atoms with Crippen LogP contribution >= 0.6 is 34.8 Å². The second-order valence-corrected chi connectivity index (χ2v) is 8.84. The van der Waals surface area contributed by atoms with Crippen molar-refractivity contribution >= 4 is 57.8 Å². The summed E-state index contributed by atoms with van der Waals surface area (Å²) < 4.78 is 23.4. The number of carbonyl (C=O) groups excluding carboxylic acids is 2. The number of amides is 2. The molecule has 2 amide bonds. The Morgan fingerprint density at radius 2 is 1.76 bits per heavy atom. The molecule has 0 bridgehead atoms. The maximum atomic E-state index is 12.6. The van der Waals surface area contributed by atoms with Gasteiger partial charge in [0.05, 0.1) is 10.2 Å². The quantitative estimate of drug-likeness (QED) is 0.224. The molecule has 2 aliphatic heterocycles. The Bertz CT molecular complexity index is 1160. The predicted octanol–water partition coefficient (Wildman–Crippen LogP) is 3.60. The molecule has 1 saturated heterocycles. The predicted molar refractivity (Wildman–Crippen MR) is 133 cm³/mol. The van der Waals surface area contributed by atoms with Crippen LogP contribution in [0.3, 0.4) is 0 Å². The zero-order chi connectivity index (χ0) is 23.7. The molecule has 33 heavy (non-hydrogen) atoms. The Balaban J connectivity index is 1.62. The summed E-state index contributed by atoms with van der Waals surface area (Å²) in [6.07, 6.45) is 1.55. The van der Waals surface area contributed by atoms with Crippen LogP contribution in [0.2, 0.25) is 0 Å². The molecule has 0 N–H and O–H groups in total. The van der Waals surface area contributed by atoms with Gasteiger partial charge in [0, 0.05) is 14.1 Å². The molecule has 0 aromatic heterocycles. The first kappa shape index (κ1) is 23.3. The van der Waals surface area contributed by atoms with Crippen molar-refractivity contribution in [1.29, 1.82) is 0 Å². The fourth-order valence-corrected chi connectivity index (χ4v) is 4.35. The van der Waals surface area contributed by atoms with Crippen LogP contribution in [0.1, 0.15) is 18.1 Å². The summed E-state index contributed by atoms with van der Waals surface area (Å²) in [5.74, 6) is 1.61. The molecule has 0 spiro atoms. The number of hydrogen-bond donors (Lipinski definition) is 0. The van der Waals surface area contributed by atoms with Gasteiger partial charge in [0.15, 0.2) is 28.1 Å². The fourth-order valence-electron chi connectivity index (χ4n) is 3.40. The standard InChI is InChI=1S/C23H21IN2O6S/c1-4-29-19-10-14(7-15-21(27)25(2)23(33)26(3)22(15)28)8-16(24)20(19)30-11-13-5-6-17-18(9-13)32-12-31-17/h5-10H,4,11-12H2,1-3H3. The first-order valence-corrected chi connectivity index (χ1v) is 11.6. The third-order valence-corrected chi connectivity index (χ3v) is 6.46. The summed E-state index contributed by atoms with van der Waals surface area (Å²) in [5, 5.41) is 0.166. The molecule has 2 aliphatic rings. The smallest absolute Gasteiger partial charge is 0.265 e. The fraction of sp³-hybridized carbons (Fsp3) is 0.261. The Morgan fingerprint density at radius 1 is 1.06 bits per heavy atom. The van der Waals surface area contributed by atoms with Crippen LogP contribution in [0.25, 0.3) is 6.08 Å². The first-order valence-electron chi connectivity index (χ1n) is 10.1. The third kappa shape index (κ3) is 4.62. The summed E-state index contributed by atoms with van der Waals surface area (Å²) in [6, 6.07) is 9.23. The van der Waals surface area contributed by atoms with E-state index >= 15 is 0 Å². The molecule has 2 aromatic carbocycles. The monoisotopic (exact) mass is 580 g/mol. The number of likely N-dealkylation sites (N-methyl/N-ethyl adjacent to an activating group) is 2. The molecular formula is C23H21IN2O6S. The van der Waals surface area contributed by atoms with Crippen LogP contribution in [-0.4, -0.2) is 54.2 Å². The van der Waals surface area contributed by atoms with Gasteiger partial charge in [0.25, 0.3) is 11.8 Å². The largest absolute Gasteiger partial charge is 0.490 e. The number of benzene rings is 2. The van der Waals surface area contributed by atoms with E-state index in [4.69, 9.17) is 31.2 Å². The number of nitrogens with zero attached hydrogens (tertiary/aromatic N) is 2. The lowest BCUT2D eigenvalue weighted by Gasteiger charge is -2.31. The lowest BCUT2D eigenvalue weighted by atomic mass is 10.1. The van der Waals surface area contributed by atoms with Crippen LogP contribution in [0.4, 0.5) is 0 Å². The number of ether oxygens (including phenoxy) is 4. The second-order valence-electron chi connectivity index (χ2n) is 7.31. The lowest BCUT2D eigenvalue weighted by molar-refractivity contribution is -0.132. The van der Waals surface area contributed by atoms with Crippen molar-refractivity contribution < 1.29 is 28.5 Å². The minimum atomic E-state index is -0.445. The van der Waals surface area contributed by atoms with E-state index in [1.807, 2.05) is 31.2 Å². The van der Waals surface area contributed by atoms with Crippen molar-refractivity contribution in [2.24, 2.45) is 0 Å². The van der Waals surface area contributed by atoms with Crippen molar-refractivity contribution in [1.82, 2.24) is 9.80 Å². The van der Waals surface area contributed by atoms with Gasteiger partial charge in [0.2, 0.25) is 6.79 Å². The molecule has 0 aliphatic carbocycles. The van der Waals surface area contributed by atoms with Crippen molar-refractivity contribution in [3.63, 3.8) is 0 Å². The highest BCUT2D eigenvalue weighted by molar-refractivity contribution is 14.1. The first-order chi connectivity index (χ1) is 15.8. The average Bonchev–Trinajstić information content (AvgIpc) is 3.27. The van der Waals surface area contributed by atoms with Crippen molar-refractivity contribution in [3.05, 3.63) is 50.6 Å². The van der Waals surface area contributed by atoms with Crippen LogP contribution in [0.15, 0.2) is 35.9 Å². The molecule has 4 rings (SSSR count). The topological polar surface area (TPSA) is 77.5 Å². The van der Waals surface area contributed by atoms with E-state index < -0.39 is 11.8 Å². The van der Waals surface area contributed by atoms with Crippen LogP contribution < -0.4 is 18.9 Å². The number of halogens is 1. The van der Waals surface area contributed by atoms with E-state index in [0.29, 0.717) is 41.8 Å². The molecule has 0 atom stereocenters. The Kier molecular flexibility index (Phi) is 6.75. The highest BCUT2D eigenvalue weighted by Gasteiger charge is 2.35. The van der Waals surface area contributed by atoms with Gasteiger partial charge in [-0.2, -0.15) is 0 Å². The highest BCUT2D eigenvalue weighted by Crippen LogP contribution is 2.37. The number of thiocarbonyl (C=S) groups is 1. The maximum absolute atomic E-state index is 12.6. The van der Waals surface area contributed by atoms with Crippen LogP contribution in [0.5, 0.6) is 23.0 Å². The molecular weight excluding hydrogens is 559 g/mol. The number of rotatable bonds is 6. The molecule has 0 radical (unpaired) electrons. The molecule has 2 heterocycles. The van der Waals surface area contributed by atoms with E-state index in [-0.39, 0.29) is 17.5 Å². The molecule has 2 aromatic rings. The van der Waals surface area contributed by atoms with Gasteiger partial charge in [-0.05, 0) is 83.2 Å². The number of carbonyl (C=O) groups is 2. The number of hydrogen-bond acceptors (Lipinski definition) is 7. The highest BCUT2D eigenvalue weighted by atomic mass is 127. The minimum absolute atomic E-state index is 0.0286. The van der Waals surface area contributed by atoms with Gasteiger partial charge in [-0.15, -0.1) is 0 Å². The maximum Gasteiger partial charge on any atom is 0.265 e. The van der Waals surface area contributed by atoms with E-state index in [9.17, 15) is 9.59 Å². The molecule has 10 heteroatoms. The van der Waals surface area contributed by atoms with Gasteiger partial charge < -0.3 is 18.9 Å². The number of fused-ring (bicyclic) bond motifs is 1. The lowest BCUT2D eigenvalue weighted by Crippen LogP contribution is -2.52. The summed E-state index contributed by atoms with van der Waals surface area (Å²) in [6.45, 7) is 2.81. The third-order valence-electron chi connectivity index (χ3n) is 5.11. The average molecular weight is 580 g/mol. The summed E-state index contributed by atoms with van der Waals surface area (Å²) >= 11 is 7.29. The molecule has 1 fully saturated rings. The Morgan fingerprint density at radius 3 is 2.45 bits per heavy atom. The molecule has 8 nitrogen and oxygen atoms in total. The van der Waals surface area contributed by atoms with Gasteiger partial charge in [-0.3, -0.25) is 19.4 Å². The Labute approximate surface area is 210 Å². The van der Waals surface area contributed by atoms with Gasteiger partial charge in [-0.25, -0.2) is 0 Å². The summed E-state index contributed by atoms with van der Waals surface area (Å²) in [4.78, 5) is 27.8. The zero-order valence-corrected chi connectivity index (χ0v) is 21.2. The zero-order valence-electron chi connectivity index (χ0n) is 18.2. The van der Waals surface area contributed by atoms with E-state index in [1.54, 1.807) is 26.2 Å². The van der Waals surface area contributed by atoms with Crippen molar-refractivity contribution in [2.45, 2.75) is 13.5 Å². The van der Waals surface area contributed by atoms with Crippen molar-refractivity contribution in [2.75, 3.05) is 27.5 Å². The van der Waals surface area contributed by atoms with Gasteiger partial charge in [-0.1, -0.05) is 6.07 Å². The van der Waals surface area contributed by atoms with E-state index in [0.717, 1.165) is 9.13 Å². The SMILES string of the molecule is CCOc1cc(C=C2C(=O)N(C)C(=S)N(C)C2=O)cc(I)c1OCc1ccc2c(c1)OCO2. The minimum Gasteiger partial charge on any atom is -0.490 e. The molecule has 0 saturated carbocycles. The van der Waals surface area contributed by atoms with E-state index in [2.05, 4.69) is 22.6 Å². The van der Waals surface area contributed by atoms with Crippen LogP contribution in [-0.2, 0) is 16.2 Å². The van der Waals surface area contributed by atoms with Gasteiger partial charge >= 0.3 is 0 Å². The molecule has 0 unspecified atom stereocenters. The summed E-state index contributed by atoms with van der Waals surface area (Å²) in [7, 11) is 3.09. The second kappa shape index (κ2) is 9.56. The van der Waals surface area contributed by atoms with Gasteiger partial charge in [0.1, 0.15) is 12.2 Å². The Hall–Kier alpha value is -2.86.